The van der Waals surface area contributed by atoms with Gasteiger partial charge >= 0.3 is 0 Å². The Morgan fingerprint density at radius 2 is 1.86 bits per heavy atom. The molecule has 156 valence electrons. The predicted molar refractivity (Wildman–Crippen MR) is 112 cm³/mol. The fraction of sp³-hybridized carbons (Fsp3) is 0.409. The van der Waals surface area contributed by atoms with Crippen molar-refractivity contribution < 1.29 is 17.9 Å². The third kappa shape index (κ3) is 6.39. The van der Waals surface area contributed by atoms with Gasteiger partial charge in [0.15, 0.2) is 0 Å². The van der Waals surface area contributed by atoms with Crippen LogP contribution in [0, 0.1) is 12.8 Å². The van der Waals surface area contributed by atoms with Crippen LogP contribution in [0.3, 0.4) is 0 Å². The lowest BCUT2D eigenvalue weighted by atomic mass is 9.98. The molecule has 1 N–H and O–H groups in total. The van der Waals surface area contributed by atoms with Gasteiger partial charge in [0.1, 0.15) is 6.61 Å². The van der Waals surface area contributed by atoms with Crippen LogP contribution in [0.2, 0.25) is 0 Å². The minimum Gasteiger partial charge on any atom is -0.367 e. The third-order valence-electron chi connectivity index (χ3n) is 5.10. The number of hydrogen-bond donors (Lipinski definition) is 1. The number of rotatable bonds is 8. The smallest absolute Gasteiger partial charge is 0.248 e. The molecule has 2 aromatic carbocycles. The highest BCUT2D eigenvalue weighted by atomic mass is 32.2. The van der Waals surface area contributed by atoms with Crippen molar-refractivity contribution in [3.05, 3.63) is 65.7 Å². The Kier molecular flexibility index (Phi) is 7.41. The summed E-state index contributed by atoms with van der Waals surface area (Å²) in [5, 5.41) is 0. The molecule has 0 bridgehead atoms. The quantitative estimate of drug-likeness (QED) is 0.718. The Hall–Kier alpha value is -2.22. The summed E-state index contributed by atoms with van der Waals surface area (Å²) in [4.78, 5) is 14.5. The number of likely N-dealkylation sites (tertiary alicyclic amines) is 1. The van der Waals surface area contributed by atoms with E-state index in [4.69, 9.17) is 4.74 Å². The van der Waals surface area contributed by atoms with Gasteiger partial charge in [-0.2, -0.15) is 0 Å². The van der Waals surface area contributed by atoms with Gasteiger partial charge in [-0.15, -0.1) is 0 Å². The van der Waals surface area contributed by atoms with E-state index in [1.54, 1.807) is 29.2 Å². The topological polar surface area (TPSA) is 75.7 Å². The molecule has 1 aliphatic heterocycles. The number of carbonyl (C=O) groups is 1. The van der Waals surface area contributed by atoms with Crippen LogP contribution in [-0.4, -0.2) is 45.5 Å². The summed E-state index contributed by atoms with van der Waals surface area (Å²) in [5.74, 6) is 0.0501. The maximum Gasteiger partial charge on any atom is 0.248 e. The lowest BCUT2D eigenvalue weighted by Crippen LogP contribution is -2.44. The lowest BCUT2D eigenvalue weighted by molar-refractivity contribution is -0.138. The summed E-state index contributed by atoms with van der Waals surface area (Å²) >= 11 is 0. The number of amides is 1. The van der Waals surface area contributed by atoms with Crippen LogP contribution >= 0.6 is 0 Å². The first-order valence-corrected chi connectivity index (χ1v) is 11.4. The van der Waals surface area contributed by atoms with Gasteiger partial charge in [-0.25, -0.2) is 13.1 Å². The van der Waals surface area contributed by atoms with Crippen LogP contribution in [0.5, 0.6) is 0 Å². The number of piperidine rings is 1. The Balaban J connectivity index is 1.46. The molecule has 0 aliphatic carbocycles. The number of benzene rings is 2. The zero-order chi connectivity index (χ0) is 20.7. The Morgan fingerprint density at radius 1 is 1.14 bits per heavy atom. The average molecular weight is 417 g/mol. The van der Waals surface area contributed by atoms with Gasteiger partial charge in [0.2, 0.25) is 15.9 Å². The highest BCUT2D eigenvalue weighted by Crippen LogP contribution is 2.17. The van der Waals surface area contributed by atoms with Crippen LogP contribution in [0.15, 0.2) is 59.5 Å². The largest absolute Gasteiger partial charge is 0.367 e. The van der Waals surface area contributed by atoms with E-state index in [-0.39, 0.29) is 23.3 Å². The molecular weight excluding hydrogens is 388 g/mol. The number of ether oxygens (including phenoxy) is 1. The van der Waals surface area contributed by atoms with Crippen LogP contribution in [0.25, 0.3) is 0 Å². The minimum absolute atomic E-state index is 0.0384. The first-order valence-electron chi connectivity index (χ1n) is 9.90. The maximum absolute atomic E-state index is 12.5. The second kappa shape index (κ2) is 10.0. The molecule has 1 aliphatic rings. The minimum atomic E-state index is -3.54. The average Bonchev–Trinajstić information content (AvgIpc) is 2.73. The Bertz CT molecular complexity index is 898. The third-order valence-corrected chi connectivity index (χ3v) is 6.54. The van der Waals surface area contributed by atoms with Crippen LogP contribution in [0.4, 0.5) is 0 Å². The van der Waals surface area contributed by atoms with E-state index in [2.05, 4.69) is 4.72 Å². The molecule has 0 spiro atoms. The summed E-state index contributed by atoms with van der Waals surface area (Å²) in [5.41, 5.74) is 2.04. The molecule has 2 aromatic rings. The van der Waals surface area contributed by atoms with Crippen LogP contribution in [-0.2, 0) is 26.2 Å². The maximum atomic E-state index is 12.5. The summed E-state index contributed by atoms with van der Waals surface area (Å²) < 4.78 is 33.2. The van der Waals surface area contributed by atoms with E-state index in [0.717, 1.165) is 24.0 Å². The molecule has 1 atom stereocenters. The van der Waals surface area contributed by atoms with E-state index in [1.165, 1.54) is 0 Å². The van der Waals surface area contributed by atoms with Crippen LogP contribution in [0.1, 0.15) is 24.0 Å². The van der Waals surface area contributed by atoms with E-state index in [1.807, 2.05) is 37.3 Å². The molecule has 0 saturated carbocycles. The summed E-state index contributed by atoms with van der Waals surface area (Å²) in [6, 6.07) is 16.5. The van der Waals surface area contributed by atoms with Crippen molar-refractivity contribution in [2.24, 2.45) is 5.92 Å². The molecule has 7 heteroatoms. The number of carbonyl (C=O) groups excluding carboxylic acids is 1. The zero-order valence-electron chi connectivity index (χ0n) is 16.7. The van der Waals surface area contributed by atoms with E-state index >= 15 is 0 Å². The molecule has 0 aromatic heterocycles. The van der Waals surface area contributed by atoms with Crippen molar-refractivity contribution >= 4 is 15.9 Å². The number of aryl methyl sites for hydroxylation is 1. The van der Waals surface area contributed by atoms with Gasteiger partial charge in [0, 0.05) is 19.6 Å². The van der Waals surface area contributed by atoms with Gasteiger partial charge in [-0.3, -0.25) is 4.79 Å². The summed E-state index contributed by atoms with van der Waals surface area (Å²) in [6.07, 6.45) is 1.76. The first-order chi connectivity index (χ1) is 13.9. The second-order valence-corrected chi connectivity index (χ2v) is 9.26. The predicted octanol–water partition coefficient (Wildman–Crippen LogP) is 2.73. The van der Waals surface area contributed by atoms with Crippen molar-refractivity contribution in [1.29, 1.82) is 0 Å². The molecule has 1 amide bonds. The molecule has 3 rings (SSSR count). The highest BCUT2D eigenvalue weighted by molar-refractivity contribution is 7.89. The molecule has 6 nitrogen and oxygen atoms in total. The highest BCUT2D eigenvalue weighted by Gasteiger charge is 2.25. The number of nitrogens with zero attached hydrogens (tertiary/aromatic N) is 1. The van der Waals surface area contributed by atoms with E-state index in [0.29, 0.717) is 26.2 Å². The monoisotopic (exact) mass is 416 g/mol. The number of sulfonamides is 1. The van der Waals surface area contributed by atoms with Crippen molar-refractivity contribution in [3.63, 3.8) is 0 Å². The fourth-order valence-electron chi connectivity index (χ4n) is 3.41. The molecule has 1 heterocycles. The summed E-state index contributed by atoms with van der Waals surface area (Å²) in [6.45, 7) is 3.92. The van der Waals surface area contributed by atoms with Gasteiger partial charge in [0.25, 0.3) is 0 Å². The number of hydrogen-bond acceptors (Lipinski definition) is 4. The van der Waals surface area contributed by atoms with Crippen molar-refractivity contribution in [1.82, 2.24) is 9.62 Å². The van der Waals surface area contributed by atoms with Crippen molar-refractivity contribution in [2.45, 2.75) is 31.3 Å². The molecule has 1 unspecified atom stereocenters. The Labute approximate surface area is 172 Å². The van der Waals surface area contributed by atoms with Crippen molar-refractivity contribution in [3.8, 4) is 0 Å². The Morgan fingerprint density at radius 3 is 2.59 bits per heavy atom. The first kappa shape index (κ1) is 21.5. The molecular formula is C22H28N2O4S. The molecule has 1 saturated heterocycles. The van der Waals surface area contributed by atoms with Gasteiger partial charge in [-0.1, -0.05) is 48.0 Å². The lowest BCUT2D eigenvalue weighted by Gasteiger charge is -2.32. The number of nitrogens with one attached hydrogen (secondary N) is 1. The zero-order valence-corrected chi connectivity index (χ0v) is 17.5. The summed E-state index contributed by atoms with van der Waals surface area (Å²) in [7, 11) is -3.54. The molecule has 1 fully saturated rings. The van der Waals surface area contributed by atoms with Gasteiger partial charge in [-0.05, 0) is 43.4 Å². The molecule has 29 heavy (non-hydrogen) atoms. The standard InChI is InChI=1S/C22H28N2O4S/c1-18-9-11-21(12-10-18)29(26,27)23-14-20-8-5-13-24(15-20)22(25)17-28-16-19-6-3-2-4-7-19/h2-4,6-7,9-12,20,23H,5,8,13-17H2,1H3. The van der Waals surface area contributed by atoms with Crippen molar-refractivity contribution in [2.75, 3.05) is 26.2 Å². The second-order valence-electron chi connectivity index (χ2n) is 7.49. The fourth-order valence-corrected chi connectivity index (χ4v) is 4.52. The normalized spacial score (nSPS) is 17.3. The SMILES string of the molecule is Cc1ccc(S(=O)(=O)NCC2CCCN(C(=O)COCc3ccccc3)C2)cc1. The van der Waals surface area contributed by atoms with E-state index < -0.39 is 10.0 Å². The van der Waals surface area contributed by atoms with Gasteiger partial charge in [0.05, 0.1) is 11.5 Å². The van der Waals surface area contributed by atoms with E-state index in [9.17, 15) is 13.2 Å². The van der Waals surface area contributed by atoms with Gasteiger partial charge < -0.3 is 9.64 Å². The van der Waals surface area contributed by atoms with Crippen LogP contribution < -0.4 is 4.72 Å². The molecule has 0 radical (unpaired) electrons.